The number of thioether (sulfide) groups is 1. The van der Waals surface area contributed by atoms with Gasteiger partial charge in [0, 0.05) is 11.3 Å². The number of ketones is 1. The summed E-state index contributed by atoms with van der Waals surface area (Å²) in [4.78, 5) is 25.6. The van der Waals surface area contributed by atoms with Gasteiger partial charge in [-0.1, -0.05) is 60.8 Å². The van der Waals surface area contributed by atoms with E-state index in [2.05, 4.69) is 18.0 Å². The molecule has 174 valence electrons. The number of Topliss-reactive ketones (excluding diaryl/α,β-unsaturated/α-hetero) is 1. The molecule has 3 rings (SSSR count). The van der Waals surface area contributed by atoms with E-state index in [4.69, 9.17) is 9.47 Å². The van der Waals surface area contributed by atoms with Crippen LogP contribution in [0.15, 0.2) is 83.1 Å². The molecule has 0 radical (unpaired) electrons. The van der Waals surface area contributed by atoms with Crippen LogP contribution >= 0.6 is 11.8 Å². The van der Waals surface area contributed by atoms with E-state index in [9.17, 15) is 20.0 Å². The predicted octanol–water partition coefficient (Wildman–Crippen LogP) is 4.44. The number of hydrogen-bond donors (Lipinski definition) is 2. The van der Waals surface area contributed by atoms with E-state index in [1.807, 2.05) is 6.07 Å². The largest absolute Gasteiger partial charge is 0.504 e. The van der Waals surface area contributed by atoms with Crippen LogP contribution in [0.3, 0.4) is 0 Å². The Hall–Kier alpha value is -3.96. The molecule has 0 fully saturated rings. The van der Waals surface area contributed by atoms with Crippen LogP contribution in [0.1, 0.15) is 28.8 Å². The summed E-state index contributed by atoms with van der Waals surface area (Å²) in [6.07, 6.45) is 1.46. The topological polar surface area (TPSA) is 109 Å². The number of methoxy groups -OCH3 is 1. The fraction of sp³-hybridized carbons (Fsp3) is 0.192. The quantitative estimate of drug-likeness (QED) is 0.311. The first kappa shape index (κ1) is 24.7. The number of benzene rings is 2. The number of nitrogens with one attached hydrogen (secondary N) is 1. The van der Waals surface area contributed by atoms with Gasteiger partial charge in [0.2, 0.25) is 0 Å². The number of rotatable bonds is 9. The Bertz CT molecular complexity index is 1210. The lowest BCUT2D eigenvalue weighted by atomic mass is 9.82. The second-order valence-electron chi connectivity index (χ2n) is 7.35. The Kier molecular flexibility index (Phi) is 8.17. The van der Waals surface area contributed by atoms with Gasteiger partial charge in [-0.25, -0.2) is 4.79 Å². The van der Waals surface area contributed by atoms with Crippen LogP contribution in [0.2, 0.25) is 0 Å². The maximum Gasteiger partial charge on any atom is 0.337 e. The second kappa shape index (κ2) is 11.3. The van der Waals surface area contributed by atoms with Gasteiger partial charge in [0.25, 0.3) is 0 Å². The lowest BCUT2D eigenvalue weighted by molar-refractivity contribution is -0.138. The maximum absolute atomic E-state index is 13.0. The molecule has 0 aliphatic carbocycles. The van der Waals surface area contributed by atoms with Crippen LogP contribution < -0.4 is 10.1 Å². The van der Waals surface area contributed by atoms with Crippen LogP contribution in [0.25, 0.3) is 0 Å². The minimum absolute atomic E-state index is 0.0139. The molecule has 0 saturated heterocycles. The molecule has 0 saturated carbocycles. The molecule has 2 aromatic rings. The van der Waals surface area contributed by atoms with E-state index in [0.29, 0.717) is 21.9 Å². The predicted molar refractivity (Wildman–Crippen MR) is 130 cm³/mol. The first-order valence-corrected chi connectivity index (χ1v) is 11.4. The Morgan fingerprint density at radius 3 is 2.65 bits per heavy atom. The third kappa shape index (κ3) is 5.33. The molecule has 1 aliphatic rings. The van der Waals surface area contributed by atoms with Crippen molar-refractivity contribution in [3.63, 3.8) is 0 Å². The Morgan fingerprint density at radius 1 is 1.26 bits per heavy atom. The highest BCUT2D eigenvalue weighted by atomic mass is 32.2. The highest BCUT2D eigenvalue weighted by Crippen LogP contribution is 2.43. The van der Waals surface area contributed by atoms with Crippen molar-refractivity contribution in [2.75, 3.05) is 19.5 Å². The summed E-state index contributed by atoms with van der Waals surface area (Å²) >= 11 is 1.19. The highest BCUT2D eigenvalue weighted by Gasteiger charge is 2.36. The zero-order chi connectivity index (χ0) is 24.7. The van der Waals surface area contributed by atoms with Crippen molar-refractivity contribution in [1.82, 2.24) is 5.32 Å². The molecular weight excluding hydrogens is 452 g/mol. The van der Waals surface area contributed by atoms with Gasteiger partial charge in [0.1, 0.15) is 6.61 Å². The Balaban J connectivity index is 2.03. The molecule has 1 heterocycles. The van der Waals surface area contributed by atoms with Gasteiger partial charge >= 0.3 is 5.97 Å². The molecule has 2 aromatic carbocycles. The van der Waals surface area contributed by atoms with E-state index in [1.54, 1.807) is 43.3 Å². The van der Waals surface area contributed by atoms with Crippen molar-refractivity contribution in [3.05, 3.63) is 94.2 Å². The van der Waals surface area contributed by atoms with Gasteiger partial charge in [-0.05, 0) is 24.6 Å². The summed E-state index contributed by atoms with van der Waals surface area (Å²) in [5, 5.41) is 23.7. The van der Waals surface area contributed by atoms with Crippen molar-refractivity contribution in [3.8, 4) is 17.6 Å². The third-order valence-corrected chi connectivity index (χ3v) is 6.20. The lowest BCUT2D eigenvalue weighted by Crippen LogP contribution is -2.29. The highest BCUT2D eigenvalue weighted by molar-refractivity contribution is 8.03. The van der Waals surface area contributed by atoms with Crippen molar-refractivity contribution in [2.45, 2.75) is 12.8 Å². The number of esters is 1. The maximum atomic E-state index is 13.0. The van der Waals surface area contributed by atoms with Crippen LogP contribution in [0.5, 0.6) is 11.5 Å². The fourth-order valence-corrected chi connectivity index (χ4v) is 4.55. The second-order valence-corrected chi connectivity index (χ2v) is 8.33. The van der Waals surface area contributed by atoms with E-state index in [-0.39, 0.29) is 40.8 Å². The first-order chi connectivity index (χ1) is 16.4. The van der Waals surface area contributed by atoms with E-state index >= 15 is 0 Å². The molecule has 2 N–H and O–H groups in total. The molecule has 1 aliphatic heterocycles. The SMILES string of the molecule is C=CCOC(=O)C1=C(C)NC(SCC(=O)c2ccccc2)=C(C#N)C1c1ccc(O)c(OC)c1. The van der Waals surface area contributed by atoms with Crippen LogP contribution in [-0.4, -0.2) is 36.3 Å². The number of phenols is 1. The molecule has 8 heteroatoms. The number of phenolic OH excluding ortho intramolecular Hbond substituents is 1. The summed E-state index contributed by atoms with van der Waals surface area (Å²) in [6, 6.07) is 15.7. The molecule has 0 bridgehead atoms. The molecule has 7 nitrogen and oxygen atoms in total. The molecule has 1 atom stereocenters. The summed E-state index contributed by atoms with van der Waals surface area (Å²) in [5.74, 6) is -1.23. The van der Waals surface area contributed by atoms with Gasteiger partial charge in [-0.3, -0.25) is 4.79 Å². The molecule has 0 amide bonds. The standard InChI is InChI=1S/C26H24N2O5S/c1-4-12-33-26(31)23-16(2)28-25(34-15-21(30)17-8-6-5-7-9-17)19(14-27)24(23)18-10-11-20(29)22(13-18)32-3/h4-11,13,24,28-29H,1,12,15H2,2-3H3. The van der Waals surface area contributed by atoms with Gasteiger partial charge in [-0.2, -0.15) is 5.26 Å². The van der Waals surface area contributed by atoms with Crippen LogP contribution in [0.4, 0.5) is 0 Å². The summed E-state index contributed by atoms with van der Waals surface area (Å²) in [7, 11) is 1.42. The van der Waals surface area contributed by atoms with E-state index in [1.165, 1.54) is 31.0 Å². The number of carbonyl (C=O) groups excluding carboxylic acids is 2. The van der Waals surface area contributed by atoms with Gasteiger partial charge in [0.15, 0.2) is 17.3 Å². The smallest absolute Gasteiger partial charge is 0.337 e. The van der Waals surface area contributed by atoms with Gasteiger partial charge in [0.05, 0.1) is 41.0 Å². The molecule has 0 spiro atoms. The normalized spacial score (nSPS) is 15.3. The first-order valence-electron chi connectivity index (χ1n) is 10.4. The average molecular weight is 477 g/mol. The van der Waals surface area contributed by atoms with E-state index < -0.39 is 11.9 Å². The molecule has 34 heavy (non-hydrogen) atoms. The molecular formula is C26H24N2O5S. The summed E-state index contributed by atoms with van der Waals surface area (Å²) < 4.78 is 10.5. The zero-order valence-corrected chi connectivity index (χ0v) is 19.6. The summed E-state index contributed by atoms with van der Waals surface area (Å²) in [5.41, 5.74) is 2.15. The van der Waals surface area contributed by atoms with Crippen LogP contribution in [0, 0.1) is 11.3 Å². The number of dihydropyridines is 1. The van der Waals surface area contributed by atoms with E-state index in [0.717, 1.165) is 0 Å². The Morgan fingerprint density at radius 2 is 2.00 bits per heavy atom. The van der Waals surface area contributed by atoms with Gasteiger partial charge in [-0.15, -0.1) is 0 Å². The van der Waals surface area contributed by atoms with Crippen LogP contribution in [-0.2, 0) is 9.53 Å². The minimum atomic E-state index is -0.785. The van der Waals surface area contributed by atoms with Crippen molar-refractivity contribution in [1.29, 1.82) is 5.26 Å². The number of ether oxygens (including phenoxy) is 2. The monoisotopic (exact) mass is 476 g/mol. The average Bonchev–Trinajstić information content (AvgIpc) is 2.86. The van der Waals surface area contributed by atoms with Gasteiger partial charge < -0.3 is 19.9 Å². The van der Waals surface area contributed by atoms with Crippen molar-refractivity contribution >= 4 is 23.5 Å². The lowest BCUT2D eigenvalue weighted by Gasteiger charge is -2.29. The number of nitriles is 1. The number of aromatic hydroxyl groups is 1. The number of nitrogens with zero attached hydrogens (tertiary/aromatic N) is 1. The number of hydrogen-bond acceptors (Lipinski definition) is 8. The number of allylic oxidation sites excluding steroid dienone is 2. The van der Waals surface area contributed by atoms with Crippen molar-refractivity contribution < 1.29 is 24.2 Å². The minimum Gasteiger partial charge on any atom is -0.504 e. The van der Waals surface area contributed by atoms with Crippen molar-refractivity contribution in [2.24, 2.45) is 0 Å². The number of carbonyl (C=O) groups is 2. The third-order valence-electron chi connectivity index (χ3n) is 5.18. The Labute approximate surface area is 202 Å². The fourth-order valence-electron chi connectivity index (χ4n) is 3.56. The molecule has 1 unspecified atom stereocenters. The molecule has 0 aromatic heterocycles. The zero-order valence-electron chi connectivity index (χ0n) is 18.8. The summed E-state index contributed by atoms with van der Waals surface area (Å²) in [6.45, 7) is 5.29.